The molecule has 0 N–H and O–H groups in total. The summed E-state index contributed by atoms with van der Waals surface area (Å²) >= 11 is 3.48. The van der Waals surface area contributed by atoms with Crippen molar-refractivity contribution in [3.8, 4) is 11.1 Å². The maximum absolute atomic E-state index is 13.2. The number of hydrogen-bond acceptors (Lipinski definition) is 2. The fraction of sp³-hybridized carbons (Fsp3) is 0.174. The largest absolute Gasteiger partial charge is 0.368 e. The third kappa shape index (κ3) is 3.91. The smallest absolute Gasteiger partial charge is 0.254 e. The van der Waals surface area contributed by atoms with E-state index in [0.717, 1.165) is 47.3 Å². The summed E-state index contributed by atoms with van der Waals surface area (Å²) in [7, 11) is 0. The minimum absolute atomic E-state index is 0.116. The van der Waals surface area contributed by atoms with Crippen molar-refractivity contribution in [1.29, 1.82) is 0 Å². The first-order valence-corrected chi connectivity index (χ1v) is 9.96. The molecule has 1 amide bonds. The molecule has 3 nitrogen and oxygen atoms in total. The predicted molar refractivity (Wildman–Crippen MR) is 114 cm³/mol. The van der Waals surface area contributed by atoms with E-state index >= 15 is 0 Å². The van der Waals surface area contributed by atoms with E-state index in [1.165, 1.54) is 5.69 Å². The molecule has 0 atom stereocenters. The lowest BCUT2D eigenvalue weighted by molar-refractivity contribution is 0.0747. The van der Waals surface area contributed by atoms with Crippen LogP contribution in [0.25, 0.3) is 11.1 Å². The molecular formula is C23H21BrN2O. The highest BCUT2D eigenvalue weighted by Crippen LogP contribution is 2.26. The molecule has 0 unspecified atom stereocenters. The number of halogens is 1. The number of amides is 1. The van der Waals surface area contributed by atoms with Crippen LogP contribution in [0.3, 0.4) is 0 Å². The fourth-order valence-corrected chi connectivity index (χ4v) is 3.79. The Labute approximate surface area is 168 Å². The maximum Gasteiger partial charge on any atom is 0.254 e. The zero-order valence-corrected chi connectivity index (χ0v) is 16.6. The summed E-state index contributed by atoms with van der Waals surface area (Å²) in [4.78, 5) is 17.5. The van der Waals surface area contributed by atoms with Crippen molar-refractivity contribution < 1.29 is 4.79 Å². The molecule has 27 heavy (non-hydrogen) atoms. The molecule has 1 heterocycles. The normalized spacial score (nSPS) is 14.3. The molecule has 3 aromatic rings. The van der Waals surface area contributed by atoms with Crippen molar-refractivity contribution in [2.45, 2.75) is 0 Å². The Hall–Kier alpha value is -2.59. The fourth-order valence-electron chi connectivity index (χ4n) is 3.53. The summed E-state index contributed by atoms with van der Waals surface area (Å²) in [5, 5.41) is 0. The second-order valence-electron chi connectivity index (χ2n) is 6.67. The molecule has 136 valence electrons. The zero-order valence-electron chi connectivity index (χ0n) is 15.0. The van der Waals surface area contributed by atoms with Gasteiger partial charge in [0.2, 0.25) is 0 Å². The molecule has 0 aliphatic carbocycles. The monoisotopic (exact) mass is 420 g/mol. The molecule has 3 aromatic carbocycles. The van der Waals surface area contributed by atoms with Crippen LogP contribution in [0, 0.1) is 0 Å². The number of anilines is 1. The van der Waals surface area contributed by atoms with Crippen LogP contribution in [-0.2, 0) is 0 Å². The van der Waals surface area contributed by atoms with E-state index in [1.807, 2.05) is 47.4 Å². The van der Waals surface area contributed by atoms with Gasteiger partial charge in [0.1, 0.15) is 0 Å². The maximum atomic E-state index is 13.2. The molecule has 0 spiro atoms. The van der Waals surface area contributed by atoms with Crippen molar-refractivity contribution in [3.05, 3.63) is 88.9 Å². The van der Waals surface area contributed by atoms with Crippen molar-refractivity contribution >= 4 is 27.5 Å². The van der Waals surface area contributed by atoms with Crippen LogP contribution < -0.4 is 4.90 Å². The molecule has 1 fully saturated rings. The molecule has 1 saturated heterocycles. The van der Waals surface area contributed by atoms with Gasteiger partial charge in [-0.15, -0.1) is 0 Å². The van der Waals surface area contributed by atoms with Gasteiger partial charge in [-0.2, -0.15) is 0 Å². The number of rotatable bonds is 3. The Bertz CT molecular complexity index is 917. The van der Waals surface area contributed by atoms with Gasteiger partial charge in [0, 0.05) is 41.9 Å². The number of benzene rings is 3. The van der Waals surface area contributed by atoms with Crippen LogP contribution in [0.5, 0.6) is 0 Å². The molecule has 0 radical (unpaired) electrons. The Morgan fingerprint density at radius 2 is 1.37 bits per heavy atom. The lowest BCUT2D eigenvalue weighted by atomic mass is 9.98. The van der Waals surface area contributed by atoms with Crippen LogP contribution in [0.2, 0.25) is 0 Å². The minimum Gasteiger partial charge on any atom is -0.368 e. The summed E-state index contributed by atoms with van der Waals surface area (Å²) in [5.74, 6) is 0.116. The number of carbonyl (C=O) groups excluding carboxylic acids is 1. The highest BCUT2D eigenvalue weighted by atomic mass is 79.9. The van der Waals surface area contributed by atoms with Gasteiger partial charge >= 0.3 is 0 Å². The second-order valence-corrected chi connectivity index (χ2v) is 7.58. The van der Waals surface area contributed by atoms with Crippen LogP contribution in [0.4, 0.5) is 5.69 Å². The van der Waals surface area contributed by atoms with Crippen molar-refractivity contribution in [2.75, 3.05) is 31.1 Å². The second kappa shape index (κ2) is 7.97. The molecule has 1 aliphatic heterocycles. The number of carbonyl (C=O) groups is 1. The molecular weight excluding hydrogens is 400 g/mol. The summed E-state index contributed by atoms with van der Waals surface area (Å²) < 4.78 is 1.08. The van der Waals surface area contributed by atoms with E-state index in [1.54, 1.807) is 0 Å². The van der Waals surface area contributed by atoms with Gasteiger partial charge in [-0.25, -0.2) is 0 Å². The van der Waals surface area contributed by atoms with E-state index in [9.17, 15) is 4.79 Å². The first-order chi connectivity index (χ1) is 13.2. The number of nitrogens with zero attached hydrogens (tertiary/aromatic N) is 2. The molecule has 0 aromatic heterocycles. The van der Waals surface area contributed by atoms with E-state index in [-0.39, 0.29) is 5.91 Å². The molecule has 4 heteroatoms. The van der Waals surface area contributed by atoms with Gasteiger partial charge in [0.15, 0.2) is 0 Å². The van der Waals surface area contributed by atoms with Gasteiger partial charge in [-0.05, 0) is 41.5 Å². The standard InChI is InChI=1S/C23H21BrN2O/c24-19-10-12-20(13-11-19)25-14-16-26(17-15-25)23(27)22-9-5-4-8-21(22)18-6-2-1-3-7-18/h1-13H,14-17H2. The first-order valence-electron chi connectivity index (χ1n) is 9.16. The average molecular weight is 421 g/mol. The summed E-state index contributed by atoms with van der Waals surface area (Å²) in [6, 6.07) is 26.4. The van der Waals surface area contributed by atoms with Crippen molar-refractivity contribution in [2.24, 2.45) is 0 Å². The minimum atomic E-state index is 0.116. The van der Waals surface area contributed by atoms with E-state index < -0.39 is 0 Å². The summed E-state index contributed by atoms with van der Waals surface area (Å²) in [6.07, 6.45) is 0. The SMILES string of the molecule is O=C(c1ccccc1-c1ccccc1)N1CCN(c2ccc(Br)cc2)CC1. The highest BCUT2D eigenvalue weighted by Gasteiger charge is 2.24. The number of piperazine rings is 1. The van der Waals surface area contributed by atoms with Crippen LogP contribution >= 0.6 is 15.9 Å². The lowest BCUT2D eigenvalue weighted by Crippen LogP contribution is -2.48. The average Bonchev–Trinajstić information content (AvgIpc) is 2.74. The van der Waals surface area contributed by atoms with Crippen LogP contribution in [-0.4, -0.2) is 37.0 Å². The summed E-state index contributed by atoms with van der Waals surface area (Å²) in [5.41, 5.74) is 4.06. The van der Waals surface area contributed by atoms with Gasteiger partial charge in [-0.1, -0.05) is 64.5 Å². The zero-order chi connectivity index (χ0) is 18.6. The molecule has 4 rings (SSSR count). The van der Waals surface area contributed by atoms with Crippen molar-refractivity contribution in [1.82, 2.24) is 4.90 Å². The van der Waals surface area contributed by atoms with Gasteiger partial charge in [-0.3, -0.25) is 4.79 Å². The molecule has 0 bridgehead atoms. The van der Waals surface area contributed by atoms with Gasteiger partial charge < -0.3 is 9.80 Å². The van der Waals surface area contributed by atoms with Gasteiger partial charge in [0.05, 0.1) is 0 Å². The van der Waals surface area contributed by atoms with Crippen LogP contribution in [0.1, 0.15) is 10.4 Å². The van der Waals surface area contributed by atoms with Crippen LogP contribution in [0.15, 0.2) is 83.3 Å². The van der Waals surface area contributed by atoms with Crippen molar-refractivity contribution in [3.63, 3.8) is 0 Å². The van der Waals surface area contributed by atoms with E-state index in [4.69, 9.17) is 0 Å². The molecule has 0 saturated carbocycles. The number of hydrogen-bond donors (Lipinski definition) is 0. The Balaban J connectivity index is 1.50. The van der Waals surface area contributed by atoms with Gasteiger partial charge in [0.25, 0.3) is 5.91 Å². The Morgan fingerprint density at radius 1 is 0.741 bits per heavy atom. The van der Waals surface area contributed by atoms with E-state index in [2.05, 4.69) is 57.2 Å². The third-order valence-corrected chi connectivity index (χ3v) is 5.53. The van der Waals surface area contributed by atoms with E-state index in [0.29, 0.717) is 0 Å². The third-order valence-electron chi connectivity index (χ3n) is 5.00. The first kappa shape index (κ1) is 17.8. The highest BCUT2D eigenvalue weighted by molar-refractivity contribution is 9.10. The summed E-state index contributed by atoms with van der Waals surface area (Å²) in [6.45, 7) is 3.16. The molecule has 1 aliphatic rings. The topological polar surface area (TPSA) is 23.6 Å². The predicted octanol–water partition coefficient (Wildman–Crippen LogP) is 5.08. The Morgan fingerprint density at radius 3 is 2.07 bits per heavy atom. The lowest BCUT2D eigenvalue weighted by Gasteiger charge is -2.36. The Kier molecular flexibility index (Phi) is 5.26. The quantitative estimate of drug-likeness (QED) is 0.589.